The molecule has 3 rings (SSSR count). The van der Waals surface area contributed by atoms with E-state index in [1.54, 1.807) is 0 Å². The third-order valence-electron chi connectivity index (χ3n) is 3.48. The second kappa shape index (κ2) is 5.06. The van der Waals surface area contributed by atoms with E-state index in [4.69, 9.17) is 9.47 Å². The van der Waals surface area contributed by atoms with E-state index in [9.17, 15) is 0 Å². The van der Waals surface area contributed by atoms with E-state index in [1.165, 1.54) is 12.1 Å². The molecule has 2 aliphatic heterocycles. The van der Waals surface area contributed by atoms with Crippen LogP contribution in [0, 0.1) is 0 Å². The zero-order valence-electron chi connectivity index (χ0n) is 10.8. The van der Waals surface area contributed by atoms with E-state index in [-0.39, 0.29) is 0 Å². The molecule has 0 spiro atoms. The molecule has 2 heterocycles. The predicted octanol–water partition coefficient (Wildman–Crippen LogP) is 1.65. The molecule has 0 amide bonds. The first-order valence-electron chi connectivity index (χ1n) is 6.71. The topological polar surface area (TPSA) is 33.7 Å². The summed E-state index contributed by atoms with van der Waals surface area (Å²) in [6.07, 6.45) is 1.18. The fraction of sp³-hybridized carbons (Fsp3) is 0.571. The maximum Gasteiger partial charge on any atom is 0.163 e. The minimum atomic E-state index is 0.528. The lowest BCUT2D eigenvalue weighted by atomic mass is 10.2. The van der Waals surface area contributed by atoms with Crippen LogP contribution in [-0.4, -0.2) is 38.9 Å². The van der Waals surface area contributed by atoms with Gasteiger partial charge < -0.3 is 19.7 Å². The van der Waals surface area contributed by atoms with Crippen molar-refractivity contribution in [1.29, 1.82) is 0 Å². The maximum atomic E-state index is 5.65. The molecule has 1 aromatic carbocycles. The van der Waals surface area contributed by atoms with Crippen LogP contribution in [0.25, 0.3) is 0 Å². The quantitative estimate of drug-likeness (QED) is 0.819. The predicted molar refractivity (Wildman–Crippen MR) is 71.7 cm³/mol. The molecule has 1 unspecified atom stereocenters. The Morgan fingerprint density at radius 3 is 2.94 bits per heavy atom. The molecule has 0 radical (unpaired) electrons. The van der Waals surface area contributed by atoms with Gasteiger partial charge in [-0.05, 0) is 32.0 Å². The summed E-state index contributed by atoms with van der Waals surface area (Å²) in [5.74, 6) is 1.75. The van der Waals surface area contributed by atoms with E-state index in [0.717, 1.165) is 31.1 Å². The number of benzene rings is 1. The molecule has 4 nitrogen and oxygen atoms in total. The Balaban J connectivity index is 1.82. The summed E-state index contributed by atoms with van der Waals surface area (Å²) >= 11 is 0. The normalized spacial score (nSPS) is 23.6. The number of ether oxygens (including phenoxy) is 2. The number of nitrogens with zero attached hydrogens (tertiary/aromatic N) is 1. The lowest BCUT2D eigenvalue weighted by Crippen LogP contribution is -2.35. The number of fused-ring (bicyclic) bond motifs is 1. The second-order valence-electron chi connectivity index (χ2n) is 4.98. The van der Waals surface area contributed by atoms with E-state index >= 15 is 0 Å². The monoisotopic (exact) mass is 248 g/mol. The molecule has 1 aromatic rings. The lowest BCUT2D eigenvalue weighted by molar-refractivity contribution is 0.171. The van der Waals surface area contributed by atoms with Crippen LogP contribution >= 0.6 is 0 Å². The van der Waals surface area contributed by atoms with Crippen molar-refractivity contribution in [3.63, 3.8) is 0 Å². The Hall–Kier alpha value is -1.42. The highest BCUT2D eigenvalue weighted by atomic mass is 16.6. The highest BCUT2D eigenvalue weighted by molar-refractivity contribution is 5.57. The molecule has 1 fully saturated rings. The van der Waals surface area contributed by atoms with Gasteiger partial charge in [0.1, 0.15) is 13.2 Å². The van der Waals surface area contributed by atoms with Gasteiger partial charge in [-0.25, -0.2) is 0 Å². The maximum absolute atomic E-state index is 5.65. The average molecular weight is 248 g/mol. The fourth-order valence-electron chi connectivity index (χ4n) is 2.57. The molecule has 4 heteroatoms. The molecule has 0 aromatic heterocycles. The summed E-state index contributed by atoms with van der Waals surface area (Å²) in [7, 11) is 0. The highest BCUT2D eigenvalue weighted by Gasteiger charge is 2.17. The second-order valence-corrected chi connectivity index (χ2v) is 4.98. The molecule has 2 aliphatic rings. The molecular formula is C14H20N2O2. The van der Waals surface area contributed by atoms with Crippen LogP contribution in [-0.2, 0) is 0 Å². The van der Waals surface area contributed by atoms with Gasteiger partial charge in [0.15, 0.2) is 11.5 Å². The fourth-order valence-corrected chi connectivity index (χ4v) is 2.57. The number of hydrogen-bond donors (Lipinski definition) is 1. The van der Waals surface area contributed by atoms with E-state index in [0.29, 0.717) is 19.3 Å². The van der Waals surface area contributed by atoms with Gasteiger partial charge in [-0.3, -0.25) is 0 Å². The Labute approximate surface area is 108 Å². The van der Waals surface area contributed by atoms with Crippen LogP contribution < -0.4 is 19.7 Å². The molecule has 0 aliphatic carbocycles. The van der Waals surface area contributed by atoms with Crippen LogP contribution in [0.15, 0.2) is 18.2 Å². The summed E-state index contributed by atoms with van der Waals surface area (Å²) < 4.78 is 11.2. The number of nitrogens with one attached hydrogen (secondary N) is 1. The molecular weight excluding hydrogens is 228 g/mol. The van der Waals surface area contributed by atoms with Crippen LogP contribution in [0.2, 0.25) is 0 Å². The first kappa shape index (κ1) is 11.7. The SMILES string of the molecule is CC1CN(c2ccc3c(c2)OCCO3)CCCN1. The summed E-state index contributed by atoms with van der Waals surface area (Å²) in [6.45, 7) is 6.76. The first-order valence-corrected chi connectivity index (χ1v) is 6.71. The van der Waals surface area contributed by atoms with Gasteiger partial charge in [0, 0.05) is 30.9 Å². The van der Waals surface area contributed by atoms with Gasteiger partial charge in [0.05, 0.1) is 0 Å². The van der Waals surface area contributed by atoms with Crippen molar-refractivity contribution in [2.75, 3.05) is 37.7 Å². The van der Waals surface area contributed by atoms with Crippen molar-refractivity contribution in [1.82, 2.24) is 5.32 Å². The molecule has 18 heavy (non-hydrogen) atoms. The van der Waals surface area contributed by atoms with Gasteiger partial charge in [-0.1, -0.05) is 0 Å². The van der Waals surface area contributed by atoms with Crippen molar-refractivity contribution < 1.29 is 9.47 Å². The Morgan fingerprint density at radius 2 is 2.06 bits per heavy atom. The minimum Gasteiger partial charge on any atom is -0.486 e. The largest absolute Gasteiger partial charge is 0.486 e. The first-order chi connectivity index (χ1) is 8.83. The summed E-state index contributed by atoms with van der Waals surface area (Å²) in [4.78, 5) is 2.42. The Morgan fingerprint density at radius 1 is 1.22 bits per heavy atom. The van der Waals surface area contributed by atoms with Crippen molar-refractivity contribution in [2.45, 2.75) is 19.4 Å². The van der Waals surface area contributed by atoms with Gasteiger partial charge in [-0.2, -0.15) is 0 Å². The summed E-state index contributed by atoms with van der Waals surface area (Å²) in [5.41, 5.74) is 1.23. The average Bonchev–Trinajstić information content (AvgIpc) is 2.63. The number of anilines is 1. The smallest absolute Gasteiger partial charge is 0.163 e. The lowest BCUT2D eigenvalue weighted by Gasteiger charge is -2.27. The van der Waals surface area contributed by atoms with Crippen LogP contribution in [0.4, 0.5) is 5.69 Å². The van der Waals surface area contributed by atoms with Crippen molar-refractivity contribution in [2.24, 2.45) is 0 Å². The minimum absolute atomic E-state index is 0.528. The molecule has 0 bridgehead atoms. The van der Waals surface area contributed by atoms with Gasteiger partial charge >= 0.3 is 0 Å². The van der Waals surface area contributed by atoms with Crippen LogP contribution in [0.5, 0.6) is 11.5 Å². The van der Waals surface area contributed by atoms with E-state index in [1.807, 2.05) is 6.07 Å². The zero-order chi connectivity index (χ0) is 12.4. The zero-order valence-corrected chi connectivity index (χ0v) is 10.8. The molecule has 1 atom stereocenters. The van der Waals surface area contributed by atoms with Gasteiger partial charge in [-0.15, -0.1) is 0 Å². The van der Waals surface area contributed by atoms with E-state index in [2.05, 4.69) is 29.3 Å². The standard InChI is InChI=1S/C14H20N2O2/c1-11-10-16(6-2-5-15-11)12-3-4-13-14(9-12)18-8-7-17-13/h3-4,9,11,15H,2,5-8,10H2,1H3. The third-order valence-corrected chi connectivity index (χ3v) is 3.48. The highest BCUT2D eigenvalue weighted by Crippen LogP contribution is 2.34. The summed E-state index contributed by atoms with van der Waals surface area (Å²) in [5, 5.41) is 3.51. The van der Waals surface area contributed by atoms with Crippen molar-refractivity contribution >= 4 is 5.69 Å². The van der Waals surface area contributed by atoms with Gasteiger partial charge in [0.2, 0.25) is 0 Å². The molecule has 98 valence electrons. The number of rotatable bonds is 1. The third kappa shape index (κ3) is 2.38. The summed E-state index contributed by atoms with van der Waals surface area (Å²) in [6, 6.07) is 6.78. The Kier molecular flexibility index (Phi) is 3.28. The van der Waals surface area contributed by atoms with E-state index < -0.39 is 0 Å². The van der Waals surface area contributed by atoms with Crippen LogP contribution in [0.3, 0.4) is 0 Å². The number of hydrogen-bond acceptors (Lipinski definition) is 4. The molecule has 1 N–H and O–H groups in total. The Bertz CT molecular complexity index is 422. The molecule has 1 saturated heterocycles. The van der Waals surface area contributed by atoms with Crippen LogP contribution in [0.1, 0.15) is 13.3 Å². The van der Waals surface area contributed by atoms with Crippen molar-refractivity contribution in [3.05, 3.63) is 18.2 Å². The van der Waals surface area contributed by atoms with Gasteiger partial charge in [0.25, 0.3) is 0 Å². The van der Waals surface area contributed by atoms with Crippen molar-refractivity contribution in [3.8, 4) is 11.5 Å². The molecule has 0 saturated carbocycles.